The van der Waals surface area contributed by atoms with Gasteiger partial charge in [0.15, 0.2) is 17.3 Å². The van der Waals surface area contributed by atoms with E-state index < -0.39 is 5.82 Å². The van der Waals surface area contributed by atoms with Gasteiger partial charge in [-0.15, -0.1) is 0 Å². The van der Waals surface area contributed by atoms with E-state index in [0.717, 1.165) is 55.1 Å². The van der Waals surface area contributed by atoms with Gasteiger partial charge in [-0.25, -0.2) is 4.39 Å². The van der Waals surface area contributed by atoms with Crippen LogP contribution in [0, 0.1) is 5.82 Å². The second-order valence-corrected chi connectivity index (χ2v) is 9.63. The molecule has 200 valence electrons. The zero-order valence-electron chi connectivity index (χ0n) is 21.8. The van der Waals surface area contributed by atoms with E-state index in [9.17, 15) is 4.79 Å². The van der Waals surface area contributed by atoms with E-state index in [0.29, 0.717) is 6.54 Å². The molecule has 7 nitrogen and oxygen atoms in total. The highest BCUT2D eigenvalue weighted by molar-refractivity contribution is 5.95. The monoisotopic (exact) mass is 520 g/mol. The summed E-state index contributed by atoms with van der Waals surface area (Å²) >= 11 is 0. The summed E-state index contributed by atoms with van der Waals surface area (Å²) in [6.07, 6.45) is 1.89. The molecule has 6 rings (SSSR count). The van der Waals surface area contributed by atoms with Crippen molar-refractivity contribution in [3.05, 3.63) is 83.2 Å². The fourth-order valence-corrected chi connectivity index (χ4v) is 5.02. The Hall–Kier alpha value is -3.78. The van der Waals surface area contributed by atoms with Gasteiger partial charge in [-0.3, -0.25) is 4.79 Å². The van der Waals surface area contributed by atoms with Gasteiger partial charge < -0.3 is 28.7 Å². The van der Waals surface area contributed by atoms with Crippen LogP contribution in [0.1, 0.15) is 34.3 Å². The minimum Gasteiger partial charge on any atom is -0.497 e. The Morgan fingerprint density at radius 1 is 0.816 bits per heavy atom. The lowest BCUT2D eigenvalue weighted by Crippen LogP contribution is -2.41. The number of ether oxygens (including phenoxy) is 4. The topological polar surface area (TPSA) is 60.5 Å². The molecule has 0 radical (unpaired) electrons. The van der Waals surface area contributed by atoms with E-state index in [1.807, 2.05) is 53.4 Å². The molecule has 3 saturated heterocycles. The maximum Gasteiger partial charge on any atom is 0.254 e. The summed E-state index contributed by atoms with van der Waals surface area (Å²) in [7, 11) is 3.21. The summed E-state index contributed by atoms with van der Waals surface area (Å²) in [5, 5.41) is 0. The average molecular weight is 521 g/mol. The quantitative estimate of drug-likeness (QED) is 0.399. The summed E-state index contributed by atoms with van der Waals surface area (Å²) in [5.41, 5.74) is 1.99. The number of hydrogen-bond donors (Lipinski definition) is 0. The number of nitrogens with zero attached hydrogens (tertiary/aromatic N) is 2. The second kappa shape index (κ2) is 11.7. The smallest absolute Gasteiger partial charge is 0.254 e. The molecule has 38 heavy (non-hydrogen) atoms. The Morgan fingerprint density at radius 3 is 1.97 bits per heavy atom. The number of fused-ring (bicyclic) bond motifs is 4. The van der Waals surface area contributed by atoms with E-state index in [2.05, 4.69) is 4.90 Å². The van der Waals surface area contributed by atoms with Crippen molar-refractivity contribution in [2.45, 2.75) is 32.1 Å². The SMILES string of the molecule is COc1ccc(COc2cc(C(=O)N3CCN4CCC3CC4)cc(F)c2OCc2ccc(OC)cc2)cc1. The van der Waals surface area contributed by atoms with Crippen molar-refractivity contribution in [2.75, 3.05) is 40.4 Å². The van der Waals surface area contributed by atoms with Crippen LogP contribution in [-0.2, 0) is 13.2 Å². The van der Waals surface area contributed by atoms with Crippen molar-refractivity contribution in [1.82, 2.24) is 9.80 Å². The predicted octanol–water partition coefficient (Wildman–Crippen LogP) is 4.92. The van der Waals surface area contributed by atoms with Crippen LogP contribution in [0.25, 0.3) is 0 Å². The Bertz CT molecular complexity index is 1240. The highest BCUT2D eigenvalue weighted by atomic mass is 19.1. The molecule has 0 spiro atoms. The first-order chi connectivity index (χ1) is 18.5. The van der Waals surface area contributed by atoms with Gasteiger partial charge in [-0.05, 0) is 60.4 Å². The fourth-order valence-electron chi connectivity index (χ4n) is 5.02. The molecule has 0 N–H and O–H groups in total. The van der Waals surface area contributed by atoms with Crippen molar-refractivity contribution in [3.8, 4) is 23.0 Å². The zero-order valence-corrected chi connectivity index (χ0v) is 21.8. The summed E-state index contributed by atoms with van der Waals surface area (Å²) in [5.74, 6) is 0.837. The third-order valence-electron chi connectivity index (χ3n) is 7.27. The van der Waals surface area contributed by atoms with E-state index in [4.69, 9.17) is 18.9 Å². The Labute approximate surface area is 222 Å². The summed E-state index contributed by atoms with van der Waals surface area (Å²) in [6, 6.07) is 17.9. The molecular formula is C30H33FN2O5. The number of methoxy groups -OCH3 is 2. The number of carbonyl (C=O) groups excluding carboxylic acids is 1. The van der Waals surface area contributed by atoms with Gasteiger partial charge in [0, 0.05) is 37.8 Å². The molecule has 0 saturated carbocycles. The molecule has 1 amide bonds. The van der Waals surface area contributed by atoms with Gasteiger partial charge in [-0.2, -0.15) is 0 Å². The number of amides is 1. The molecule has 8 heteroatoms. The molecule has 0 aromatic heterocycles. The molecule has 3 aliphatic heterocycles. The van der Waals surface area contributed by atoms with Gasteiger partial charge in [-0.1, -0.05) is 24.3 Å². The zero-order chi connectivity index (χ0) is 26.5. The second-order valence-electron chi connectivity index (χ2n) is 9.63. The molecule has 0 unspecified atom stereocenters. The third-order valence-corrected chi connectivity index (χ3v) is 7.27. The molecule has 3 heterocycles. The molecule has 0 aliphatic carbocycles. The Kier molecular flexibility index (Phi) is 7.98. The van der Waals surface area contributed by atoms with E-state index >= 15 is 4.39 Å². The van der Waals surface area contributed by atoms with Crippen molar-refractivity contribution < 1.29 is 28.1 Å². The normalized spacial score (nSPS) is 18.6. The van der Waals surface area contributed by atoms with Crippen LogP contribution in [0.5, 0.6) is 23.0 Å². The maximum absolute atomic E-state index is 15.5. The lowest BCUT2D eigenvalue weighted by atomic mass is 10.0. The summed E-state index contributed by atoms with van der Waals surface area (Å²) in [4.78, 5) is 17.8. The fraction of sp³-hybridized carbons (Fsp3) is 0.367. The largest absolute Gasteiger partial charge is 0.497 e. The maximum atomic E-state index is 15.5. The molecule has 0 atom stereocenters. The number of hydrogen-bond acceptors (Lipinski definition) is 6. The van der Waals surface area contributed by atoms with Crippen LogP contribution in [0.3, 0.4) is 0 Å². The van der Waals surface area contributed by atoms with Crippen molar-refractivity contribution >= 4 is 5.91 Å². The van der Waals surface area contributed by atoms with Gasteiger partial charge in [0.05, 0.1) is 14.2 Å². The highest BCUT2D eigenvalue weighted by Crippen LogP contribution is 2.35. The van der Waals surface area contributed by atoms with E-state index in [-0.39, 0.29) is 42.2 Å². The molecule has 3 fully saturated rings. The minimum absolute atomic E-state index is 0.0196. The molecule has 3 aliphatic rings. The Morgan fingerprint density at radius 2 is 1.39 bits per heavy atom. The number of halogens is 1. The average Bonchev–Trinajstić information content (AvgIpc) is 3.29. The summed E-state index contributed by atoms with van der Waals surface area (Å²) in [6.45, 7) is 3.80. The van der Waals surface area contributed by atoms with Crippen LogP contribution < -0.4 is 18.9 Å². The van der Waals surface area contributed by atoms with Crippen LogP contribution in [0.4, 0.5) is 4.39 Å². The first kappa shape index (κ1) is 25.9. The molecule has 3 aromatic rings. The molecule has 3 aromatic carbocycles. The number of piperidine rings is 1. The van der Waals surface area contributed by atoms with E-state index in [1.165, 1.54) is 6.07 Å². The van der Waals surface area contributed by atoms with Gasteiger partial charge in [0.25, 0.3) is 5.91 Å². The number of rotatable bonds is 9. The number of carbonyl (C=O) groups is 1. The highest BCUT2D eigenvalue weighted by Gasteiger charge is 2.33. The van der Waals surface area contributed by atoms with Crippen LogP contribution >= 0.6 is 0 Å². The number of benzene rings is 3. The Balaban J connectivity index is 1.39. The van der Waals surface area contributed by atoms with Gasteiger partial charge >= 0.3 is 0 Å². The van der Waals surface area contributed by atoms with E-state index in [1.54, 1.807) is 20.3 Å². The first-order valence-corrected chi connectivity index (χ1v) is 12.9. The van der Waals surface area contributed by atoms with Crippen molar-refractivity contribution in [3.63, 3.8) is 0 Å². The van der Waals surface area contributed by atoms with Gasteiger partial charge in [0.2, 0.25) is 0 Å². The van der Waals surface area contributed by atoms with Crippen molar-refractivity contribution in [1.29, 1.82) is 0 Å². The van der Waals surface area contributed by atoms with Crippen LogP contribution in [0.2, 0.25) is 0 Å². The van der Waals surface area contributed by atoms with Crippen LogP contribution in [0.15, 0.2) is 60.7 Å². The first-order valence-electron chi connectivity index (χ1n) is 12.9. The lowest BCUT2D eigenvalue weighted by Gasteiger charge is -2.31. The molecular weight excluding hydrogens is 487 g/mol. The van der Waals surface area contributed by atoms with Crippen LogP contribution in [-0.4, -0.2) is 62.1 Å². The lowest BCUT2D eigenvalue weighted by molar-refractivity contribution is 0.0683. The minimum atomic E-state index is -0.628. The third kappa shape index (κ3) is 5.86. The van der Waals surface area contributed by atoms with Gasteiger partial charge in [0.1, 0.15) is 24.7 Å². The molecule has 2 bridgehead atoms. The standard InChI is InChI=1S/C30H33FN2O5/c1-35-25-7-3-21(4-8-25)19-37-28-18-23(30(34)33-16-15-32-13-11-24(33)12-14-32)17-27(31)29(28)38-20-22-5-9-26(36-2)10-6-22/h3-10,17-18,24H,11-16,19-20H2,1-2H3. The van der Waals surface area contributed by atoms with Crippen molar-refractivity contribution in [2.24, 2.45) is 0 Å². The predicted molar refractivity (Wildman–Crippen MR) is 142 cm³/mol. The summed E-state index contributed by atoms with van der Waals surface area (Å²) < 4.78 is 37.9.